The molecule has 0 heterocycles. The number of hydrogen-bond acceptors (Lipinski definition) is 1. The molecule has 1 nitrogen and oxygen atoms in total. The Kier molecular flexibility index (Phi) is 4.76. The second-order valence-electron chi connectivity index (χ2n) is 11.6. The van der Waals surface area contributed by atoms with Crippen molar-refractivity contribution in [1.29, 1.82) is 0 Å². The van der Waals surface area contributed by atoms with Crippen LogP contribution >= 0.6 is 15.9 Å². The monoisotopic (exact) mass is 422 g/mol. The molecular weight excluding hydrogens is 384 g/mol. The maximum absolute atomic E-state index is 10.7. The van der Waals surface area contributed by atoms with Gasteiger partial charge in [0.15, 0.2) is 0 Å². The van der Waals surface area contributed by atoms with E-state index in [1.165, 1.54) is 44.1 Å². The van der Waals surface area contributed by atoms with Gasteiger partial charge in [0.1, 0.15) is 0 Å². The van der Waals surface area contributed by atoms with Crippen molar-refractivity contribution in [3.63, 3.8) is 0 Å². The summed E-state index contributed by atoms with van der Waals surface area (Å²) in [6.07, 6.45) is 10.3. The summed E-state index contributed by atoms with van der Waals surface area (Å²) >= 11 is 3.69. The first-order chi connectivity index (χ1) is 12.1. The van der Waals surface area contributed by atoms with Gasteiger partial charge in [0, 0.05) is 5.33 Å². The molecule has 26 heavy (non-hydrogen) atoms. The third-order valence-corrected chi connectivity index (χ3v) is 10.4. The second-order valence-corrected chi connectivity index (χ2v) is 12.2. The third kappa shape index (κ3) is 2.88. The average Bonchev–Trinajstić information content (AvgIpc) is 2.91. The van der Waals surface area contributed by atoms with E-state index >= 15 is 0 Å². The van der Waals surface area contributed by atoms with Crippen LogP contribution in [0.2, 0.25) is 0 Å². The normalized spacial score (nSPS) is 52.7. The summed E-state index contributed by atoms with van der Waals surface area (Å²) in [7, 11) is 0. The Balaban J connectivity index is 1.63. The molecule has 0 bridgehead atoms. The molecular formula is C24H39BrO. The van der Waals surface area contributed by atoms with Crippen molar-refractivity contribution in [1.82, 2.24) is 0 Å². The van der Waals surface area contributed by atoms with Gasteiger partial charge in [-0.05, 0) is 105 Å². The summed E-state index contributed by atoms with van der Waals surface area (Å²) in [5, 5.41) is 11.7. The van der Waals surface area contributed by atoms with Gasteiger partial charge in [0.25, 0.3) is 0 Å². The standard InChI is InChI=1S/C24H39BrO/c1-15(14-25)19-6-7-20-18-12-22(2,3)21-13-23(4,26)10-8-17(21)16(18)9-11-24(19,20)5/h16-21,26H,1,6-14H2,2-5H3/t16-,17-,18-,19-,20+,21-,23-,24-/m1/s1. The highest BCUT2D eigenvalue weighted by atomic mass is 79.9. The Hall–Kier alpha value is 0.180. The van der Waals surface area contributed by atoms with Crippen LogP contribution in [0.25, 0.3) is 0 Å². The SMILES string of the molecule is C=C(CBr)[C@H]1CC[C@H]2[C@@H]3CC(C)(C)[C@@H]4C[C@](C)(O)CC[C@@H]4[C@H]3CC[C@]12C. The fourth-order valence-electron chi connectivity index (χ4n) is 8.44. The summed E-state index contributed by atoms with van der Waals surface area (Å²) in [5.74, 6) is 5.00. The molecule has 8 atom stereocenters. The lowest BCUT2D eigenvalue weighted by Crippen LogP contribution is -2.55. The molecule has 0 aromatic carbocycles. The molecule has 0 amide bonds. The maximum Gasteiger partial charge on any atom is 0.0622 e. The van der Waals surface area contributed by atoms with Gasteiger partial charge >= 0.3 is 0 Å². The van der Waals surface area contributed by atoms with Crippen molar-refractivity contribution in [2.45, 2.75) is 84.7 Å². The highest BCUT2D eigenvalue weighted by Crippen LogP contribution is 2.68. The van der Waals surface area contributed by atoms with E-state index in [1.54, 1.807) is 0 Å². The van der Waals surface area contributed by atoms with Gasteiger partial charge in [0.2, 0.25) is 0 Å². The lowest BCUT2D eigenvalue weighted by atomic mass is 9.44. The van der Waals surface area contributed by atoms with Crippen LogP contribution in [0.3, 0.4) is 0 Å². The molecule has 0 saturated heterocycles. The van der Waals surface area contributed by atoms with Gasteiger partial charge in [-0.25, -0.2) is 0 Å². The van der Waals surface area contributed by atoms with Crippen molar-refractivity contribution in [2.75, 3.05) is 5.33 Å². The molecule has 0 spiro atoms. The predicted octanol–water partition coefficient (Wildman–Crippen LogP) is 6.59. The Bertz CT molecular complexity index is 579. The molecule has 4 saturated carbocycles. The molecule has 0 aromatic heterocycles. The van der Waals surface area contributed by atoms with Crippen LogP contribution in [0.15, 0.2) is 12.2 Å². The number of fused-ring (bicyclic) bond motifs is 5. The van der Waals surface area contributed by atoms with Crippen LogP contribution in [0, 0.1) is 46.3 Å². The molecule has 1 N–H and O–H groups in total. The largest absolute Gasteiger partial charge is 0.390 e. The Labute approximate surface area is 169 Å². The van der Waals surface area contributed by atoms with E-state index in [-0.39, 0.29) is 0 Å². The van der Waals surface area contributed by atoms with Crippen molar-refractivity contribution < 1.29 is 5.11 Å². The number of allylic oxidation sites excluding steroid dienone is 1. The predicted molar refractivity (Wildman–Crippen MR) is 113 cm³/mol. The number of halogens is 1. The van der Waals surface area contributed by atoms with E-state index in [9.17, 15) is 5.11 Å². The minimum Gasteiger partial charge on any atom is -0.390 e. The summed E-state index contributed by atoms with van der Waals surface area (Å²) in [6.45, 7) is 14.1. The summed E-state index contributed by atoms with van der Waals surface area (Å²) in [5.41, 5.74) is 1.87. The fourth-order valence-corrected chi connectivity index (χ4v) is 8.83. The zero-order valence-electron chi connectivity index (χ0n) is 17.4. The first kappa shape index (κ1) is 19.5. The van der Waals surface area contributed by atoms with Crippen molar-refractivity contribution in [3.8, 4) is 0 Å². The van der Waals surface area contributed by atoms with Crippen LogP contribution in [-0.4, -0.2) is 16.0 Å². The van der Waals surface area contributed by atoms with Gasteiger partial charge in [-0.3, -0.25) is 0 Å². The van der Waals surface area contributed by atoms with E-state index in [1.807, 2.05) is 0 Å². The smallest absolute Gasteiger partial charge is 0.0622 e. The molecule has 4 rings (SSSR count). The first-order valence-corrected chi connectivity index (χ1v) is 12.2. The summed E-state index contributed by atoms with van der Waals surface area (Å²) in [6, 6.07) is 0. The lowest BCUT2D eigenvalue weighted by Gasteiger charge is -2.61. The van der Waals surface area contributed by atoms with E-state index in [4.69, 9.17) is 0 Å². The molecule has 0 aliphatic heterocycles. The second kappa shape index (κ2) is 6.34. The van der Waals surface area contributed by atoms with Gasteiger partial charge in [-0.1, -0.05) is 48.9 Å². The molecule has 2 heteroatoms. The Morgan fingerprint density at radius 2 is 1.62 bits per heavy atom. The van der Waals surface area contributed by atoms with Gasteiger partial charge in [-0.2, -0.15) is 0 Å². The third-order valence-electron chi connectivity index (χ3n) is 9.67. The number of rotatable bonds is 2. The number of hydrogen-bond donors (Lipinski definition) is 1. The number of aliphatic hydroxyl groups is 1. The zero-order valence-corrected chi connectivity index (χ0v) is 18.9. The average molecular weight is 423 g/mol. The fraction of sp³-hybridized carbons (Fsp3) is 0.917. The minimum atomic E-state index is -0.430. The number of alkyl halides is 1. The van der Waals surface area contributed by atoms with E-state index < -0.39 is 5.60 Å². The quantitative estimate of drug-likeness (QED) is 0.392. The molecule has 148 valence electrons. The van der Waals surface area contributed by atoms with Crippen LogP contribution in [0.4, 0.5) is 0 Å². The molecule has 4 fully saturated rings. The van der Waals surface area contributed by atoms with Crippen LogP contribution < -0.4 is 0 Å². The van der Waals surface area contributed by atoms with Crippen LogP contribution in [0.5, 0.6) is 0 Å². The van der Waals surface area contributed by atoms with Crippen LogP contribution in [-0.2, 0) is 0 Å². The molecule has 0 radical (unpaired) electrons. The van der Waals surface area contributed by atoms with Crippen molar-refractivity contribution >= 4 is 15.9 Å². The van der Waals surface area contributed by atoms with Crippen LogP contribution in [0.1, 0.15) is 79.1 Å². The minimum absolute atomic E-state index is 0.374. The van der Waals surface area contributed by atoms with Crippen molar-refractivity contribution in [3.05, 3.63) is 12.2 Å². The Morgan fingerprint density at radius 3 is 2.31 bits per heavy atom. The molecule has 4 aliphatic carbocycles. The topological polar surface area (TPSA) is 20.2 Å². The lowest BCUT2D eigenvalue weighted by molar-refractivity contribution is -0.144. The van der Waals surface area contributed by atoms with Gasteiger partial charge < -0.3 is 5.11 Å². The van der Waals surface area contributed by atoms with E-state index in [0.29, 0.717) is 16.7 Å². The first-order valence-electron chi connectivity index (χ1n) is 11.0. The summed E-state index contributed by atoms with van der Waals surface area (Å²) in [4.78, 5) is 0. The maximum atomic E-state index is 10.7. The van der Waals surface area contributed by atoms with Gasteiger partial charge in [-0.15, -0.1) is 0 Å². The molecule has 4 aliphatic rings. The van der Waals surface area contributed by atoms with Crippen molar-refractivity contribution in [2.24, 2.45) is 46.3 Å². The summed E-state index contributed by atoms with van der Waals surface area (Å²) < 4.78 is 0. The van der Waals surface area contributed by atoms with E-state index in [0.717, 1.165) is 47.8 Å². The van der Waals surface area contributed by atoms with E-state index in [2.05, 4.69) is 50.2 Å². The van der Waals surface area contributed by atoms with Gasteiger partial charge in [0.05, 0.1) is 5.60 Å². The Morgan fingerprint density at radius 1 is 0.923 bits per heavy atom. The molecule has 0 aromatic rings. The molecule has 0 unspecified atom stereocenters. The highest BCUT2D eigenvalue weighted by Gasteiger charge is 2.60. The zero-order chi connectivity index (χ0) is 18.9. The highest BCUT2D eigenvalue weighted by molar-refractivity contribution is 9.09.